The average Bonchev–Trinajstić information content (AvgIpc) is 2.75. The number of thiazole rings is 1. The van der Waals surface area contributed by atoms with Gasteiger partial charge in [0.1, 0.15) is 0 Å². The summed E-state index contributed by atoms with van der Waals surface area (Å²) in [5.74, 6) is 1.35. The molecule has 1 N–H and O–H groups in total. The van der Waals surface area contributed by atoms with Gasteiger partial charge >= 0.3 is 0 Å². The normalized spacial score (nSPS) is 22.3. The number of rotatable bonds is 4. The lowest BCUT2D eigenvalue weighted by molar-refractivity contribution is 0.650. The van der Waals surface area contributed by atoms with Crippen molar-refractivity contribution >= 4 is 23.1 Å². The molecular formula is C9H14N2S2. The molecule has 0 spiro atoms. The quantitative estimate of drug-likeness (QED) is 0.831. The summed E-state index contributed by atoms with van der Waals surface area (Å²) in [6, 6.07) is 0. The zero-order valence-electron chi connectivity index (χ0n) is 7.53. The molecule has 72 valence electrons. The first-order chi connectivity index (χ1) is 6.45. The average molecular weight is 214 g/mol. The fraction of sp³-hybridized carbons (Fsp3) is 0.667. The molecule has 0 radical (unpaired) electrons. The Morgan fingerprint density at radius 1 is 1.62 bits per heavy atom. The summed E-state index contributed by atoms with van der Waals surface area (Å²) >= 11 is 3.83. The molecule has 2 nitrogen and oxygen atoms in total. The predicted octanol–water partition coefficient (Wildman–Crippen LogP) is 2.13. The van der Waals surface area contributed by atoms with Gasteiger partial charge in [0.05, 0.1) is 5.51 Å². The van der Waals surface area contributed by atoms with E-state index in [2.05, 4.69) is 22.1 Å². The Kier molecular flexibility index (Phi) is 3.64. The molecular weight excluding hydrogens is 200 g/mol. The fourth-order valence-corrected chi connectivity index (χ4v) is 3.29. The number of nitrogens with one attached hydrogen (secondary N) is 1. The zero-order valence-corrected chi connectivity index (χ0v) is 9.16. The van der Waals surface area contributed by atoms with Crippen LogP contribution in [0.4, 0.5) is 0 Å². The predicted molar refractivity (Wildman–Crippen MR) is 59.3 cm³/mol. The van der Waals surface area contributed by atoms with Crippen molar-refractivity contribution in [3.63, 3.8) is 0 Å². The zero-order chi connectivity index (χ0) is 8.93. The second-order valence-electron chi connectivity index (χ2n) is 3.23. The molecule has 1 atom stereocenters. The number of hydrogen-bond donors (Lipinski definition) is 1. The molecule has 1 aliphatic rings. The molecule has 1 fully saturated rings. The minimum absolute atomic E-state index is 0.855. The van der Waals surface area contributed by atoms with Gasteiger partial charge in [-0.2, -0.15) is 11.8 Å². The highest BCUT2D eigenvalue weighted by Crippen LogP contribution is 2.25. The summed E-state index contributed by atoms with van der Waals surface area (Å²) in [6.07, 6.45) is 4.73. The summed E-state index contributed by atoms with van der Waals surface area (Å²) in [5.41, 5.74) is 1.89. The number of thioether (sulfide) groups is 1. The molecule has 1 aromatic heterocycles. The van der Waals surface area contributed by atoms with Crippen molar-refractivity contribution in [1.29, 1.82) is 0 Å². The van der Waals surface area contributed by atoms with Gasteiger partial charge in [-0.05, 0) is 18.6 Å². The van der Waals surface area contributed by atoms with Crippen LogP contribution in [0.3, 0.4) is 0 Å². The molecule has 1 aromatic rings. The van der Waals surface area contributed by atoms with E-state index < -0.39 is 0 Å². The number of nitrogens with zero attached hydrogens (tertiary/aromatic N) is 1. The standard InChI is InChI=1S/C9H14N2S2/c1-2-8(12-3-1)4-10-5-9-6-11-7-13-9/h6-8,10H,1-5H2. The Morgan fingerprint density at radius 3 is 3.31 bits per heavy atom. The summed E-state index contributed by atoms with van der Waals surface area (Å²) in [7, 11) is 0. The van der Waals surface area contributed by atoms with Crippen LogP contribution in [0.5, 0.6) is 0 Å². The Labute approximate surface area is 87.1 Å². The fourth-order valence-electron chi connectivity index (χ4n) is 1.49. The molecule has 1 aliphatic heterocycles. The highest BCUT2D eigenvalue weighted by Gasteiger charge is 2.14. The maximum absolute atomic E-state index is 4.05. The molecule has 2 rings (SSSR count). The first-order valence-corrected chi connectivity index (χ1v) is 6.57. The smallest absolute Gasteiger partial charge is 0.0794 e. The van der Waals surface area contributed by atoms with Crippen molar-refractivity contribution in [3.8, 4) is 0 Å². The topological polar surface area (TPSA) is 24.9 Å². The van der Waals surface area contributed by atoms with Crippen molar-refractivity contribution in [2.24, 2.45) is 0 Å². The largest absolute Gasteiger partial charge is 0.311 e. The summed E-state index contributed by atoms with van der Waals surface area (Å²) in [4.78, 5) is 5.38. The Hall–Kier alpha value is -0.0600. The van der Waals surface area contributed by atoms with Gasteiger partial charge in [0.2, 0.25) is 0 Å². The lowest BCUT2D eigenvalue weighted by Crippen LogP contribution is -2.22. The van der Waals surface area contributed by atoms with Gasteiger partial charge in [0, 0.05) is 29.4 Å². The Morgan fingerprint density at radius 2 is 2.62 bits per heavy atom. The molecule has 1 saturated heterocycles. The van der Waals surface area contributed by atoms with Gasteiger partial charge in [0.15, 0.2) is 0 Å². The molecule has 1 unspecified atom stereocenters. The summed E-state index contributed by atoms with van der Waals surface area (Å²) in [5, 5.41) is 4.33. The lowest BCUT2D eigenvalue weighted by atomic mass is 10.2. The van der Waals surface area contributed by atoms with E-state index >= 15 is 0 Å². The second kappa shape index (κ2) is 4.98. The summed E-state index contributed by atoms with van der Waals surface area (Å²) < 4.78 is 0. The molecule has 4 heteroatoms. The van der Waals surface area contributed by atoms with E-state index in [1.54, 1.807) is 11.3 Å². The minimum atomic E-state index is 0.855. The van der Waals surface area contributed by atoms with Crippen LogP contribution in [0, 0.1) is 0 Å². The molecule has 2 heterocycles. The van der Waals surface area contributed by atoms with Gasteiger partial charge in [-0.15, -0.1) is 11.3 Å². The first-order valence-electron chi connectivity index (χ1n) is 4.65. The van der Waals surface area contributed by atoms with E-state index in [-0.39, 0.29) is 0 Å². The van der Waals surface area contributed by atoms with Gasteiger partial charge in [-0.25, -0.2) is 0 Å². The first kappa shape index (κ1) is 9.49. The Bertz CT molecular complexity index is 230. The van der Waals surface area contributed by atoms with Crippen LogP contribution in [0.1, 0.15) is 17.7 Å². The molecule has 0 bridgehead atoms. The van der Waals surface area contributed by atoms with Gasteiger partial charge in [-0.1, -0.05) is 0 Å². The van der Waals surface area contributed by atoms with E-state index in [0.717, 1.165) is 18.3 Å². The molecule has 0 amide bonds. The third kappa shape index (κ3) is 2.97. The van der Waals surface area contributed by atoms with Crippen LogP contribution >= 0.6 is 23.1 Å². The van der Waals surface area contributed by atoms with Crippen LogP contribution < -0.4 is 5.32 Å². The third-order valence-electron chi connectivity index (χ3n) is 2.18. The van der Waals surface area contributed by atoms with E-state index in [9.17, 15) is 0 Å². The molecule has 0 saturated carbocycles. The SMILES string of the molecule is c1ncc(CNCC2CCCS2)s1. The van der Waals surface area contributed by atoms with E-state index in [1.165, 1.54) is 23.5 Å². The van der Waals surface area contributed by atoms with Crippen LogP contribution in [0.2, 0.25) is 0 Å². The van der Waals surface area contributed by atoms with E-state index in [1.807, 2.05) is 11.7 Å². The highest BCUT2D eigenvalue weighted by atomic mass is 32.2. The lowest BCUT2D eigenvalue weighted by Gasteiger charge is -2.08. The van der Waals surface area contributed by atoms with Crippen LogP contribution in [-0.4, -0.2) is 22.5 Å². The van der Waals surface area contributed by atoms with Gasteiger partial charge in [-0.3, -0.25) is 4.98 Å². The summed E-state index contributed by atoms with van der Waals surface area (Å²) in [6.45, 7) is 2.14. The molecule has 13 heavy (non-hydrogen) atoms. The van der Waals surface area contributed by atoms with Crippen LogP contribution in [-0.2, 0) is 6.54 Å². The molecule has 0 aromatic carbocycles. The Balaban J connectivity index is 1.63. The van der Waals surface area contributed by atoms with Crippen molar-refractivity contribution in [3.05, 3.63) is 16.6 Å². The van der Waals surface area contributed by atoms with Crippen molar-refractivity contribution in [2.75, 3.05) is 12.3 Å². The van der Waals surface area contributed by atoms with E-state index in [0.29, 0.717) is 0 Å². The van der Waals surface area contributed by atoms with Gasteiger partial charge in [0.25, 0.3) is 0 Å². The van der Waals surface area contributed by atoms with Crippen molar-refractivity contribution < 1.29 is 0 Å². The third-order valence-corrected chi connectivity index (χ3v) is 4.36. The van der Waals surface area contributed by atoms with Crippen LogP contribution in [0.15, 0.2) is 11.7 Å². The van der Waals surface area contributed by atoms with Crippen LogP contribution in [0.25, 0.3) is 0 Å². The number of aromatic nitrogens is 1. The minimum Gasteiger partial charge on any atom is -0.311 e. The highest BCUT2D eigenvalue weighted by molar-refractivity contribution is 8.00. The maximum Gasteiger partial charge on any atom is 0.0794 e. The maximum atomic E-state index is 4.05. The second-order valence-corrected chi connectivity index (χ2v) is 5.61. The van der Waals surface area contributed by atoms with E-state index in [4.69, 9.17) is 0 Å². The van der Waals surface area contributed by atoms with Gasteiger partial charge < -0.3 is 5.32 Å². The molecule has 0 aliphatic carbocycles. The number of hydrogen-bond acceptors (Lipinski definition) is 4. The monoisotopic (exact) mass is 214 g/mol. The van der Waals surface area contributed by atoms with Crippen molar-refractivity contribution in [2.45, 2.75) is 24.6 Å². The van der Waals surface area contributed by atoms with Crippen molar-refractivity contribution in [1.82, 2.24) is 10.3 Å².